The van der Waals surface area contributed by atoms with Gasteiger partial charge in [-0.05, 0) is 65.7 Å². The number of hydrogen-bond donors (Lipinski definition) is 0. The minimum Gasteiger partial charge on any atom is -0.497 e. The first kappa shape index (κ1) is 24.9. The van der Waals surface area contributed by atoms with E-state index >= 15 is 0 Å². The Morgan fingerprint density at radius 2 is 1.94 bits per heavy atom. The van der Waals surface area contributed by atoms with Gasteiger partial charge in [0.2, 0.25) is 5.91 Å². The number of rotatable bonds is 9. The molecule has 0 radical (unpaired) electrons. The van der Waals surface area contributed by atoms with Crippen LogP contribution in [0.15, 0.2) is 60.0 Å². The zero-order valence-electron chi connectivity index (χ0n) is 19.9. The monoisotopic (exact) mass is 496 g/mol. The topological polar surface area (TPSA) is 59.1 Å². The standard InChI is InChI=1S/C27H29FN2O4S/c1-33-15-4-13-29(27(32)20-5-3-6-22(17-20)34-2)18-25(31)30-14-11-24-23(12-16-35-24)26(30)19-7-9-21(28)10-8-19/h3,5-10,12,16-17,26H,4,11,13-15,18H2,1-2H3/t26-/m1/s1. The Hall–Kier alpha value is -3.23. The predicted molar refractivity (Wildman–Crippen MR) is 133 cm³/mol. The zero-order valence-corrected chi connectivity index (χ0v) is 20.7. The number of hydrogen-bond acceptors (Lipinski definition) is 5. The minimum atomic E-state index is -0.318. The Bertz CT molecular complexity index is 1160. The van der Waals surface area contributed by atoms with Gasteiger partial charge in [-0.15, -0.1) is 11.3 Å². The van der Waals surface area contributed by atoms with Crippen LogP contribution in [-0.2, 0) is 16.0 Å². The van der Waals surface area contributed by atoms with Gasteiger partial charge >= 0.3 is 0 Å². The van der Waals surface area contributed by atoms with E-state index in [1.165, 1.54) is 17.0 Å². The molecule has 6 nitrogen and oxygen atoms in total. The van der Waals surface area contributed by atoms with Crippen molar-refractivity contribution in [2.45, 2.75) is 18.9 Å². The number of methoxy groups -OCH3 is 2. The largest absolute Gasteiger partial charge is 0.497 e. The number of carbonyl (C=O) groups is 2. The van der Waals surface area contributed by atoms with E-state index in [4.69, 9.17) is 9.47 Å². The Kier molecular flexibility index (Phi) is 8.15. The molecule has 2 heterocycles. The number of carbonyl (C=O) groups excluding carboxylic acids is 2. The maximum atomic E-state index is 13.7. The maximum absolute atomic E-state index is 13.7. The van der Waals surface area contributed by atoms with Crippen LogP contribution in [0.1, 0.15) is 38.8 Å². The third kappa shape index (κ3) is 5.71. The number of ether oxygens (including phenoxy) is 2. The van der Waals surface area contributed by atoms with Crippen molar-refractivity contribution >= 4 is 23.2 Å². The summed E-state index contributed by atoms with van der Waals surface area (Å²) in [5.41, 5.74) is 2.37. The summed E-state index contributed by atoms with van der Waals surface area (Å²) in [6.07, 6.45) is 1.36. The zero-order chi connectivity index (χ0) is 24.8. The first-order valence-electron chi connectivity index (χ1n) is 11.5. The average molecular weight is 497 g/mol. The lowest BCUT2D eigenvalue weighted by Crippen LogP contribution is -2.47. The molecular formula is C27H29FN2O4S. The quantitative estimate of drug-likeness (QED) is 0.408. The van der Waals surface area contributed by atoms with Crippen molar-refractivity contribution in [2.75, 3.05) is 40.5 Å². The van der Waals surface area contributed by atoms with Gasteiger partial charge in [0.05, 0.1) is 13.2 Å². The van der Waals surface area contributed by atoms with Crippen LogP contribution < -0.4 is 4.74 Å². The summed E-state index contributed by atoms with van der Waals surface area (Å²) < 4.78 is 24.1. The molecule has 2 aromatic carbocycles. The van der Waals surface area contributed by atoms with Crippen molar-refractivity contribution in [1.82, 2.24) is 9.80 Å². The van der Waals surface area contributed by atoms with E-state index in [9.17, 15) is 14.0 Å². The lowest BCUT2D eigenvalue weighted by molar-refractivity contribution is -0.134. The summed E-state index contributed by atoms with van der Waals surface area (Å²) in [4.78, 5) is 31.7. The fourth-order valence-corrected chi connectivity index (χ4v) is 5.34. The Morgan fingerprint density at radius 3 is 2.69 bits per heavy atom. The predicted octanol–water partition coefficient (Wildman–Crippen LogP) is 4.55. The Morgan fingerprint density at radius 1 is 1.14 bits per heavy atom. The second kappa shape index (κ2) is 11.5. The van der Waals surface area contributed by atoms with Gasteiger partial charge in [0.25, 0.3) is 5.91 Å². The molecule has 0 aliphatic carbocycles. The summed E-state index contributed by atoms with van der Waals surface area (Å²) in [6.45, 7) is 1.34. The summed E-state index contributed by atoms with van der Waals surface area (Å²) in [7, 11) is 3.16. The number of halogens is 1. The Labute approximate surface area is 208 Å². The molecule has 8 heteroatoms. The van der Waals surface area contributed by atoms with E-state index in [0.717, 1.165) is 17.5 Å². The second-order valence-corrected chi connectivity index (χ2v) is 9.40. The van der Waals surface area contributed by atoms with Crippen molar-refractivity contribution in [1.29, 1.82) is 0 Å². The number of benzene rings is 2. The molecule has 1 aromatic heterocycles. The number of thiophene rings is 1. The third-order valence-electron chi connectivity index (χ3n) is 6.18. The molecule has 3 aromatic rings. The van der Waals surface area contributed by atoms with E-state index in [0.29, 0.717) is 37.4 Å². The fraction of sp³-hybridized carbons (Fsp3) is 0.333. The SMILES string of the molecule is COCCCN(CC(=O)N1CCc2sccc2[C@H]1c1ccc(F)cc1)C(=O)c1cccc(OC)c1. The van der Waals surface area contributed by atoms with Crippen LogP contribution in [0, 0.1) is 5.82 Å². The average Bonchev–Trinajstić information content (AvgIpc) is 3.37. The molecule has 0 saturated heterocycles. The minimum absolute atomic E-state index is 0.0586. The third-order valence-corrected chi connectivity index (χ3v) is 7.18. The summed E-state index contributed by atoms with van der Waals surface area (Å²) >= 11 is 1.67. The van der Waals surface area contributed by atoms with Crippen LogP contribution in [0.4, 0.5) is 4.39 Å². The summed E-state index contributed by atoms with van der Waals surface area (Å²) in [6, 6.07) is 14.9. The number of fused-ring (bicyclic) bond motifs is 1. The van der Waals surface area contributed by atoms with Crippen LogP contribution >= 0.6 is 11.3 Å². The molecule has 0 N–H and O–H groups in total. The van der Waals surface area contributed by atoms with Gasteiger partial charge in [-0.25, -0.2) is 4.39 Å². The highest BCUT2D eigenvalue weighted by Crippen LogP contribution is 2.38. The van der Waals surface area contributed by atoms with Gasteiger partial charge in [-0.1, -0.05) is 18.2 Å². The van der Waals surface area contributed by atoms with Crippen molar-refractivity contribution in [3.63, 3.8) is 0 Å². The molecular weight excluding hydrogens is 467 g/mol. The smallest absolute Gasteiger partial charge is 0.254 e. The van der Waals surface area contributed by atoms with E-state index in [-0.39, 0.29) is 30.2 Å². The molecule has 0 fully saturated rings. The van der Waals surface area contributed by atoms with Gasteiger partial charge in [-0.2, -0.15) is 0 Å². The van der Waals surface area contributed by atoms with E-state index in [2.05, 4.69) is 0 Å². The molecule has 1 atom stereocenters. The number of nitrogens with zero attached hydrogens (tertiary/aromatic N) is 2. The number of amides is 2. The molecule has 0 saturated carbocycles. The van der Waals surface area contributed by atoms with Crippen LogP contribution in [-0.4, -0.2) is 62.1 Å². The fourth-order valence-electron chi connectivity index (χ4n) is 4.43. The van der Waals surface area contributed by atoms with Gasteiger partial charge < -0.3 is 19.3 Å². The van der Waals surface area contributed by atoms with Crippen molar-refractivity contribution in [2.24, 2.45) is 0 Å². The van der Waals surface area contributed by atoms with Gasteiger partial charge in [0, 0.05) is 37.2 Å². The molecule has 0 unspecified atom stereocenters. The molecule has 2 amide bonds. The molecule has 0 bridgehead atoms. The van der Waals surface area contributed by atoms with Crippen LogP contribution in [0.25, 0.3) is 0 Å². The lowest BCUT2D eigenvalue weighted by Gasteiger charge is -2.37. The first-order valence-corrected chi connectivity index (χ1v) is 12.4. The molecule has 4 rings (SSSR count). The summed E-state index contributed by atoms with van der Waals surface area (Å²) in [5.74, 6) is -0.123. The lowest BCUT2D eigenvalue weighted by atomic mass is 9.93. The van der Waals surface area contributed by atoms with Crippen LogP contribution in [0.3, 0.4) is 0 Å². The van der Waals surface area contributed by atoms with Crippen molar-refractivity contribution in [3.05, 3.63) is 87.4 Å². The van der Waals surface area contributed by atoms with Crippen LogP contribution in [0.2, 0.25) is 0 Å². The highest BCUT2D eigenvalue weighted by atomic mass is 32.1. The Balaban J connectivity index is 1.60. The first-order chi connectivity index (χ1) is 17.0. The molecule has 35 heavy (non-hydrogen) atoms. The van der Waals surface area contributed by atoms with Crippen molar-refractivity contribution in [3.8, 4) is 5.75 Å². The molecule has 1 aliphatic rings. The molecule has 1 aliphatic heterocycles. The van der Waals surface area contributed by atoms with E-state index < -0.39 is 0 Å². The van der Waals surface area contributed by atoms with Gasteiger partial charge in [0.1, 0.15) is 18.1 Å². The summed E-state index contributed by atoms with van der Waals surface area (Å²) in [5, 5.41) is 2.03. The highest BCUT2D eigenvalue weighted by molar-refractivity contribution is 7.10. The maximum Gasteiger partial charge on any atom is 0.254 e. The normalized spacial score (nSPS) is 14.9. The second-order valence-electron chi connectivity index (χ2n) is 8.40. The van der Waals surface area contributed by atoms with E-state index in [1.807, 2.05) is 16.3 Å². The van der Waals surface area contributed by atoms with Crippen LogP contribution in [0.5, 0.6) is 5.75 Å². The van der Waals surface area contributed by atoms with Crippen molar-refractivity contribution < 1.29 is 23.5 Å². The van der Waals surface area contributed by atoms with Gasteiger partial charge in [-0.3, -0.25) is 9.59 Å². The van der Waals surface area contributed by atoms with E-state index in [1.54, 1.807) is 66.9 Å². The highest BCUT2D eigenvalue weighted by Gasteiger charge is 2.34. The molecule has 184 valence electrons. The molecule has 0 spiro atoms. The van der Waals surface area contributed by atoms with Gasteiger partial charge in [0.15, 0.2) is 0 Å².